The Balaban J connectivity index is 2.00. The van der Waals surface area contributed by atoms with Gasteiger partial charge in [0.15, 0.2) is 0 Å². The van der Waals surface area contributed by atoms with E-state index in [-0.39, 0.29) is 5.56 Å². The van der Waals surface area contributed by atoms with Crippen molar-refractivity contribution in [3.8, 4) is 5.69 Å². The lowest BCUT2D eigenvalue weighted by atomic mass is 10.2. The van der Waals surface area contributed by atoms with Crippen LogP contribution < -0.4 is 5.56 Å². The molecule has 0 bridgehead atoms. The van der Waals surface area contributed by atoms with Gasteiger partial charge in [-0.1, -0.05) is 29.3 Å². The van der Waals surface area contributed by atoms with E-state index in [0.29, 0.717) is 32.5 Å². The SMILES string of the molecule is O=c1c2cc(I)ccc2nc(/C=C/c2cccnc2)n1-c1ccc(Cl)cc1Cl. The van der Waals surface area contributed by atoms with Crippen LogP contribution in [0.1, 0.15) is 11.4 Å². The molecule has 0 saturated heterocycles. The van der Waals surface area contributed by atoms with Gasteiger partial charge in [-0.2, -0.15) is 0 Å². The van der Waals surface area contributed by atoms with Gasteiger partial charge in [-0.05, 0) is 82.8 Å². The summed E-state index contributed by atoms with van der Waals surface area (Å²) in [5, 5.41) is 1.39. The Bertz CT molecular complexity index is 1270. The first-order valence-corrected chi connectivity index (χ1v) is 10.1. The first kappa shape index (κ1) is 19.1. The smallest absolute Gasteiger partial charge is 0.266 e. The van der Waals surface area contributed by atoms with Crippen molar-refractivity contribution in [1.29, 1.82) is 0 Å². The molecule has 4 rings (SSSR count). The molecular weight excluding hydrogens is 508 g/mol. The lowest BCUT2D eigenvalue weighted by molar-refractivity contribution is 0.944. The van der Waals surface area contributed by atoms with Gasteiger partial charge in [0, 0.05) is 21.0 Å². The maximum Gasteiger partial charge on any atom is 0.266 e. The molecule has 138 valence electrons. The van der Waals surface area contributed by atoms with Crippen LogP contribution in [-0.2, 0) is 0 Å². The second kappa shape index (κ2) is 8.03. The van der Waals surface area contributed by atoms with Crippen LogP contribution in [0, 0.1) is 3.57 Å². The molecular formula is C21H12Cl2IN3O. The van der Waals surface area contributed by atoms with E-state index in [1.54, 1.807) is 36.7 Å². The summed E-state index contributed by atoms with van der Waals surface area (Å²) in [7, 11) is 0. The average molecular weight is 520 g/mol. The van der Waals surface area contributed by atoms with Crippen LogP contribution >= 0.6 is 45.8 Å². The van der Waals surface area contributed by atoms with Crippen molar-refractivity contribution in [3.63, 3.8) is 0 Å². The third-order valence-electron chi connectivity index (χ3n) is 4.12. The lowest BCUT2D eigenvalue weighted by Gasteiger charge is -2.13. The fraction of sp³-hybridized carbons (Fsp3) is 0. The highest BCUT2D eigenvalue weighted by molar-refractivity contribution is 14.1. The maximum atomic E-state index is 13.3. The van der Waals surface area contributed by atoms with Gasteiger partial charge in [0.05, 0.1) is 21.6 Å². The molecule has 4 nitrogen and oxygen atoms in total. The molecule has 2 aromatic heterocycles. The first-order valence-electron chi connectivity index (χ1n) is 8.29. The van der Waals surface area contributed by atoms with E-state index in [1.807, 2.05) is 36.4 Å². The number of aromatic nitrogens is 3. The number of hydrogen-bond donors (Lipinski definition) is 0. The number of fused-ring (bicyclic) bond motifs is 1. The fourth-order valence-corrected chi connectivity index (χ4v) is 3.81. The maximum absolute atomic E-state index is 13.3. The van der Waals surface area contributed by atoms with E-state index in [2.05, 4.69) is 27.6 Å². The van der Waals surface area contributed by atoms with E-state index >= 15 is 0 Å². The van der Waals surface area contributed by atoms with Gasteiger partial charge < -0.3 is 0 Å². The molecule has 0 radical (unpaired) electrons. The molecule has 0 fully saturated rings. The number of hydrogen-bond acceptors (Lipinski definition) is 3. The van der Waals surface area contributed by atoms with Crippen LogP contribution in [0.2, 0.25) is 10.0 Å². The number of pyridine rings is 1. The minimum absolute atomic E-state index is 0.196. The van der Waals surface area contributed by atoms with Gasteiger partial charge in [0.25, 0.3) is 5.56 Å². The van der Waals surface area contributed by atoms with Gasteiger partial charge in [0.1, 0.15) is 5.82 Å². The predicted molar refractivity (Wildman–Crippen MR) is 123 cm³/mol. The van der Waals surface area contributed by atoms with Crippen LogP contribution in [0.4, 0.5) is 0 Å². The largest absolute Gasteiger partial charge is 0.268 e. The van der Waals surface area contributed by atoms with Crippen molar-refractivity contribution in [3.05, 3.63) is 96.3 Å². The third kappa shape index (κ3) is 3.83. The highest BCUT2D eigenvalue weighted by Gasteiger charge is 2.14. The molecule has 0 amide bonds. The minimum Gasteiger partial charge on any atom is -0.268 e. The van der Waals surface area contributed by atoms with Crippen molar-refractivity contribution >= 4 is 68.8 Å². The summed E-state index contributed by atoms with van der Waals surface area (Å²) in [5.74, 6) is 0.465. The summed E-state index contributed by atoms with van der Waals surface area (Å²) < 4.78 is 2.46. The number of halogens is 3. The van der Waals surface area contributed by atoms with E-state index in [1.165, 1.54) is 4.57 Å². The van der Waals surface area contributed by atoms with Crippen molar-refractivity contribution in [2.24, 2.45) is 0 Å². The topological polar surface area (TPSA) is 47.8 Å². The molecule has 28 heavy (non-hydrogen) atoms. The normalized spacial score (nSPS) is 11.4. The van der Waals surface area contributed by atoms with Crippen molar-refractivity contribution < 1.29 is 0 Å². The summed E-state index contributed by atoms with van der Waals surface area (Å²) in [6.07, 6.45) is 7.07. The Morgan fingerprint density at radius 3 is 2.64 bits per heavy atom. The zero-order valence-corrected chi connectivity index (χ0v) is 18.0. The molecule has 2 heterocycles. The molecule has 2 aromatic carbocycles. The second-order valence-electron chi connectivity index (χ2n) is 5.99. The summed E-state index contributed by atoms with van der Waals surface area (Å²) in [5.41, 5.74) is 1.85. The summed E-state index contributed by atoms with van der Waals surface area (Å²) >= 11 is 14.6. The highest BCUT2D eigenvalue weighted by atomic mass is 127. The molecule has 0 aliphatic rings. The van der Waals surface area contributed by atoms with Gasteiger partial charge in [-0.15, -0.1) is 0 Å². The number of nitrogens with zero attached hydrogens (tertiary/aromatic N) is 3. The van der Waals surface area contributed by atoms with Gasteiger partial charge in [-0.25, -0.2) is 4.98 Å². The Hall–Kier alpha value is -2.22. The van der Waals surface area contributed by atoms with E-state index in [0.717, 1.165) is 9.13 Å². The first-order chi connectivity index (χ1) is 13.5. The van der Waals surface area contributed by atoms with Crippen LogP contribution in [0.5, 0.6) is 0 Å². The Kier molecular flexibility index (Phi) is 5.48. The van der Waals surface area contributed by atoms with Crippen molar-refractivity contribution in [1.82, 2.24) is 14.5 Å². The van der Waals surface area contributed by atoms with Crippen LogP contribution in [0.3, 0.4) is 0 Å². The average Bonchev–Trinajstić information content (AvgIpc) is 2.69. The third-order valence-corrected chi connectivity index (χ3v) is 5.32. The monoisotopic (exact) mass is 519 g/mol. The molecule has 0 saturated carbocycles. The molecule has 0 aliphatic heterocycles. The number of rotatable bonds is 3. The Labute approximate surface area is 184 Å². The molecule has 4 aromatic rings. The van der Waals surface area contributed by atoms with E-state index < -0.39 is 0 Å². The van der Waals surface area contributed by atoms with Crippen LogP contribution in [0.15, 0.2) is 65.7 Å². The molecule has 0 unspecified atom stereocenters. The molecule has 7 heteroatoms. The molecule has 0 spiro atoms. The minimum atomic E-state index is -0.196. The van der Waals surface area contributed by atoms with Crippen LogP contribution in [0.25, 0.3) is 28.7 Å². The standard InChI is InChI=1S/C21H12Cl2IN3O/c22-14-4-7-19(17(23)10-14)27-20(8-3-13-2-1-9-25-12-13)26-18-6-5-15(24)11-16(18)21(27)28/h1-12H/b8-3+. The van der Waals surface area contributed by atoms with Gasteiger partial charge in [-0.3, -0.25) is 14.3 Å². The van der Waals surface area contributed by atoms with Crippen LogP contribution in [-0.4, -0.2) is 14.5 Å². The van der Waals surface area contributed by atoms with E-state index in [9.17, 15) is 4.79 Å². The fourth-order valence-electron chi connectivity index (χ4n) is 2.83. The van der Waals surface area contributed by atoms with Gasteiger partial charge in [0.2, 0.25) is 0 Å². The highest BCUT2D eigenvalue weighted by Crippen LogP contribution is 2.25. The predicted octanol–water partition coefficient (Wildman–Crippen LogP) is 5.86. The second-order valence-corrected chi connectivity index (χ2v) is 8.08. The zero-order valence-electron chi connectivity index (χ0n) is 14.3. The Morgan fingerprint density at radius 1 is 1.04 bits per heavy atom. The van der Waals surface area contributed by atoms with Gasteiger partial charge >= 0.3 is 0 Å². The lowest BCUT2D eigenvalue weighted by Crippen LogP contribution is -2.22. The molecule has 0 N–H and O–H groups in total. The summed E-state index contributed by atoms with van der Waals surface area (Å²) in [6, 6.07) is 14.4. The van der Waals surface area contributed by atoms with Crippen molar-refractivity contribution in [2.75, 3.05) is 0 Å². The Morgan fingerprint density at radius 2 is 1.89 bits per heavy atom. The molecule has 0 atom stereocenters. The number of benzene rings is 2. The van der Waals surface area contributed by atoms with E-state index in [4.69, 9.17) is 28.2 Å². The quantitative estimate of drug-likeness (QED) is 0.318. The molecule has 0 aliphatic carbocycles. The summed E-state index contributed by atoms with van der Waals surface area (Å²) in [6.45, 7) is 0. The van der Waals surface area contributed by atoms with Crippen molar-refractivity contribution in [2.45, 2.75) is 0 Å². The summed E-state index contributed by atoms with van der Waals surface area (Å²) in [4.78, 5) is 22.1. The zero-order chi connectivity index (χ0) is 19.7.